The maximum absolute atomic E-state index is 13.2. The zero-order valence-electron chi connectivity index (χ0n) is 19.0. The Bertz CT molecular complexity index is 1370. The van der Waals surface area contributed by atoms with E-state index in [1.165, 1.54) is 6.33 Å². The molecule has 176 valence electrons. The molecule has 1 aliphatic rings. The standard InChI is InChI=1S/C27H23ClN4O3/c1-2-34-26(33)23-24(18-8-4-3-5-9-18)31-27-29-17-30-32(27)25(23)19-12-14-21(15-13-19)35-16-20-10-6-7-11-22(20)28/h3-15,17,25H,2,16H2,1H3,(H,29,30,31)/t25-/m1/s1. The number of anilines is 1. The molecule has 0 aliphatic carbocycles. The van der Waals surface area contributed by atoms with Gasteiger partial charge in [-0.1, -0.05) is 72.3 Å². The number of fused-ring (bicyclic) bond motifs is 1. The molecule has 4 aromatic rings. The molecule has 0 spiro atoms. The number of carbonyl (C=O) groups is 1. The molecule has 1 N–H and O–H groups in total. The van der Waals surface area contributed by atoms with Crippen LogP contribution in [0.2, 0.25) is 5.02 Å². The Hall–Kier alpha value is -4.10. The van der Waals surface area contributed by atoms with Crippen molar-refractivity contribution in [3.05, 3.63) is 112 Å². The van der Waals surface area contributed by atoms with Gasteiger partial charge in [0.2, 0.25) is 5.95 Å². The van der Waals surface area contributed by atoms with E-state index in [2.05, 4.69) is 15.4 Å². The third kappa shape index (κ3) is 4.63. The van der Waals surface area contributed by atoms with Crippen LogP contribution in [-0.2, 0) is 16.1 Å². The van der Waals surface area contributed by atoms with E-state index in [-0.39, 0.29) is 6.61 Å². The average Bonchev–Trinajstić information content (AvgIpc) is 3.37. The molecule has 3 aromatic carbocycles. The Kier molecular flexibility index (Phi) is 6.50. The lowest BCUT2D eigenvalue weighted by Gasteiger charge is -2.29. The highest BCUT2D eigenvalue weighted by molar-refractivity contribution is 6.31. The van der Waals surface area contributed by atoms with Crippen LogP contribution in [0.3, 0.4) is 0 Å². The summed E-state index contributed by atoms with van der Waals surface area (Å²) < 4.78 is 13.1. The average molecular weight is 487 g/mol. The molecule has 0 saturated carbocycles. The van der Waals surface area contributed by atoms with Crippen LogP contribution >= 0.6 is 11.6 Å². The lowest BCUT2D eigenvalue weighted by Crippen LogP contribution is -2.30. The second-order valence-corrected chi connectivity index (χ2v) is 8.29. The van der Waals surface area contributed by atoms with Crippen LogP contribution < -0.4 is 10.1 Å². The van der Waals surface area contributed by atoms with E-state index < -0.39 is 12.0 Å². The van der Waals surface area contributed by atoms with E-state index in [0.717, 1.165) is 16.7 Å². The molecule has 7 nitrogen and oxygen atoms in total. The zero-order chi connectivity index (χ0) is 24.2. The number of esters is 1. The first-order chi connectivity index (χ1) is 17.2. The van der Waals surface area contributed by atoms with Gasteiger partial charge in [0.1, 0.15) is 24.7 Å². The number of hydrogen-bond donors (Lipinski definition) is 1. The highest BCUT2D eigenvalue weighted by Crippen LogP contribution is 2.39. The molecule has 8 heteroatoms. The van der Waals surface area contributed by atoms with E-state index in [4.69, 9.17) is 21.1 Å². The number of aromatic nitrogens is 3. The maximum atomic E-state index is 13.2. The fraction of sp³-hybridized carbons (Fsp3) is 0.148. The monoisotopic (exact) mass is 486 g/mol. The number of rotatable bonds is 7. The molecule has 1 aromatic heterocycles. The summed E-state index contributed by atoms with van der Waals surface area (Å²) in [5, 5.41) is 8.33. The summed E-state index contributed by atoms with van der Waals surface area (Å²) in [6.45, 7) is 2.40. The summed E-state index contributed by atoms with van der Waals surface area (Å²) in [5.41, 5.74) is 3.72. The largest absolute Gasteiger partial charge is 0.489 e. The normalized spacial score (nSPS) is 14.7. The Labute approximate surface area is 208 Å². The van der Waals surface area contributed by atoms with Gasteiger partial charge in [0.25, 0.3) is 0 Å². The van der Waals surface area contributed by atoms with Crippen molar-refractivity contribution in [1.29, 1.82) is 0 Å². The van der Waals surface area contributed by atoms with E-state index in [1.54, 1.807) is 11.6 Å². The van der Waals surface area contributed by atoms with Gasteiger partial charge < -0.3 is 14.8 Å². The molecule has 0 bridgehead atoms. The van der Waals surface area contributed by atoms with Gasteiger partial charge in [-0.15, -0.1) is 0 Å². The van der Waals surface area contributed by atoms with Crippen LogP contribution in [0.25, 0.3) is 5.70 Å². The third-order valence-corrected chi connectivity index (χ3v) is 6.07. The Morgan fingerprint density at radius 3 is 2.51 bits per heavy atom. The number of hydrogen-bond acceptors (Lipinski definition) is 6. The summed E-state index contributed by atoms with van der Waals surface area (Å²) in [4.78, 5) is 17.6. The van der Waals surface area contributed by atoms with Gasteiger partial charge in [-0.25, -0.2) is 9.48 Å². The Balaban J connectivity index is 1.52. The smallest absolute Gasteiger partial charge is 0.338 e. The van der Waals surface area contributed by atoms with E-state index in [9.17, 15) is 4.79 Å². The molecule has 2 heterocycles. The fourth-order valence-corrected chi connectivity index (χ4v) is 4.24. The van der Waals surface area contributed by atoms with Crippen molar-refractivity contribution in [2.45, 2.75) is 19.6 Å². The van der Waals surface area contributed by atoms with E-state index in [1.807, 2.05) is 78.9 Å². The molecule has 1 aliphatic heterocycles. The topological polar surface area (TPSA) is 78.3 Å². The number of nitrogens with zero attached hydrogens (tertiary/aromatic N) is 3. The van der Waals surface area contributed by atoms with E-state index >= 15 is 0 Å². The first kappa shape index (κ1) is 22.7. The Morgan fingerprint density at radius 1 is 1.03 bits per heavy atom. The van der Waals surface area contributed by atoms with Crippen LogP contribution in [0.5, 0.6) is 5.75 Å². The predicted octanol–water partition coefficient (Wildman–Crippen LogP) is 5.50. The Morgan fingerprint density at radius 2 is 1.77 bits per heavy atom. The van der Waals surface area contributed by atoms with Crippen LogP contribution in [0.4, 0.5) is 5.95 Å². The molecular weight excluding hydrogens is 464 g/mol. The van der Waals surface area contributed by atoms with Crippen molar-refractivity contribution in [3.63, 3.8) is 0 Å². The minimum atomic E-state index is -0.527. The highest BCUT2D eigenvalue weighted by atomic mass is 35.5. The van der Waals surface area contributed by atoms with Gasteiger partial charge in [-0.2, -0.15) is 10.1 Å². The van der Waals surface area contributed by atoms with Crippen LogP contribution in [0.15, 0.2) is 90.8 Å². The number of halogens is 1. The van der Waals surface area contributed by atoms with Gasteiger partial charge in [0.15, 0.2) is 0 Å². The van der Waals surface area contributed by atoms with Crippen molar-refractivity contribution in [1.82, 2.24) is 14.8 Å². The minimum absolute atomic E-state index is 0.260. The number of ether oxygens (including phenoxy) is 2. The summed E-state index contributed by atoms with van der Waals surface area (Å²) in [5.74, 6) is 0.816. The van der Waals surface area contributed by atoms with Gasteiger partial charge in [-0.3, -0.25) is 0 Å². The number of carbonyl (C=O) groups excluding carboxylic acids is 1. The minimum Gasteiger partial charge on any atom is -0.489 e. The number of benzene rings is 3. The highest BCUT2D eigenvalue weighted by Gasteiger charge is 2.36. The SMILES string of the molecule is CCOC(=O)C1=C(c2ccccc2)Nc2ncnn2[C@@H]1c1ccc(OCc2ccccc2Cl)cc1. The maximum Gasteiger partial charge on any atom is 0.338 e. The van der Waals surface area contributed by atoms with Crippen molar-refractivity contribution in [2.75, 3.05) is 11.9 Å². The summed E-state index contributed by atoms with van der Waals surface area (Å²) in [6, 6.07) is 24.3. The molecule has 0 radical (unpaired) electrons. The van der Waals surface area contributed by atoms with Gasteiger partial charge >= 0.3 is 5.97 Å². The summed E-state index contributed by atoms with van der Waals surface area (Å²) in [6.07, 6.45) is 1.47. The van der Waals surface area contributed by atoms with Crippen LogP contribution in [0.1, 0.15) is 29.7 Å². The molecule has 0 amide bonds. The fourth-order valence-electron chi connectivity index (χ4n) is 4.05. The molecule has 5 rings (SSSR count). The van der Waals surface area contributed by atoms with Crippen LogP contribution in [0, 0.1) is 0 Å². The van der Waals surface area contributed by atoms with Gasteiger partial charge in [0.05, 0.1) is 17.9 Å². The molecule has 1 atom stereocenters. The third-order valence-electron chi connectivity index (χ3n) is 5.70. The summed E-state index contributed by atoms with van der Waals surface area (Å²) in [7, 11) is 0. The second kappa shape index (κ2) is 10.0. The summed E-state index contributed by atoms with van der Waals surface area (Å²) >= 11 is 6.24. The van der Waals surface area contributed by atoms with Crippen molar-refractivity contribution in [3.8, 4) is 5.75 Å². The number of nitrogens with one attached hydrogen (secondary N) is 1. The quantitative estimate of drug-likeness (QED) is 0.347. The first-order valence-corrected chi connectivity index (χ1v) is 11.6. The molecule has 0 saturated heterocycles. The molecule has 0 unspecified atom stereocenters. The van der Waals surface area contributed by atoms with Crippen molar-refractivity contribution in [2.24, 2.45) is 0 Å². The van der Waals surface area contributed by atoms with Crippen molar-refractivity contribution < 1.29 is 14.3 Å². The van der Waals surface area contributed by atoms with Crippen molar-refractivity contribution >= 4 is 29.2 Å². The molecular formula is C27H23ClN4O3. The van der Waals surface area contributed by atoms with Crippen LogP contribution in [-0.4, -0.2) is 27.3 Å². The second-order valence-electron chi connectivity index (χ2n) is 7.88. The molecule has 35 heavy (non-hydrogen) atoms. The lowest BCUT2D eigenvalue weighted by molar-refractivity contribution is -0.138. The zero-order valence-corrected chi connectivity index (χ0v) is 19.8. The first-order valence-electron chi connectivity index (χ1n) is 11.2. The van der Waals surface area contributed by atoms with E-state index in [0.29, 0.717) is 34.6 Å². The molecule has 0 fully saturated rings. The van der Waals surface area contributed by atoms with Gasteiger partial charge in [0, 0.05) is 10.6 Å². The predicted molar refractivity (Wildman–Crippen MR) is 134 cm³/mol. The van der Waals surface area contributed by atoms with Gasteiger partial charge in [-0.05, 0) is 36.2 Å². The lowest BCUT2D eigenvalue weighted by atomic mass is 9.93.